The van der Waals surface area contributed by atoms with Gasteiger partial charge in [0.2, 0.25) is 0 Å². The van der Waals surface area contributed by atoms with Gasteiger partial charge in [0.1, 0.15) is 11.7 Å². The van der Waals surface area contributed by atoms with E-state index in [1.807, 2.05) is 0 Å². The van der Waals surface area contributed by atoms with Crippen molar-refractivity contribution in [1.29, 1.82) is 0 Å². The van der Waals surface area contributed by atoms with Gasteiger partial charge in [-0.1, -0.05) is 6.07 Å². The molecule has 2 N–H and O–H groups in total. The van der Waals surface area contributed by atoms with Crippen LogP contribution in [0.25, 0.3) is 0 Å². The SMILES string of the molecule is CO[C@@H](C)C(NC(=O)c1ccccn1)C1=NC(C)B(O)O1. The molecule has 21 heavy (non-hydrogen) atoms. The zero-order valence-corrected chi connectivity index (χ0v) is 12.2. The predicted molar refractivity (Wildman–Crippen MR) is 77.9 cm³/mol. The third kappa shape index (κ3) is 3.59. The number of methoxy groups -OCH3 is 1. The highest BCUT2D eigenvalue weighted by Crippen LogP contribution is 2.13. The molecule has 0 radical (unpaired) electrons. The number of hydrogen-bond donors (Lipinski definition) is 2. The summed E-state index contributed by atoms with van der Waals surface area (Å²) in [6, 6.07) is 4.48. The molecule has 1 aromatic heterocycles. The number of aliphatic imine (C=N–C) groups is 1. The fraction of sp³-hybridized carbons (Fsp3) is 0.462. The lowest BCUT2D eigenvalue weighted by atomic mass is 9.82. The first-order valence-corrected chi connectivity index (χ1v) is 6.70. The van der Waals surface area contributed by atoms with Crippen molar-refractivity contribution >= 4 is 18.9 Å². The molecule has 0 bridgehead atoms. The summed E-state index contributed by atoms with van der Waals surface area (Å²) in [6.45, 7) is 3.51. The van der Waals surface area contributed by atoms with E-state index >= 15 is 0 Å². The van der Waals surface area contributed by atoms with Gasteiger partial charge in [0.05, 0.1) is 12.0 Å². The van der Waals surface area contributed by atoms with Gasteiger partial charge >= 0.3 is 7.12 Å². The molecule has 2 rings (SSSR count). The van der Waals surface area contributed by atoms with Crippen molar-refractivity contribution in [2.75, 3.05) is 7.11 Å². The second-order valence-electron chi connectivity index (χ2n) is 4.82. The molecule has 2 heterocycles. The number of rotatable bonds is 5. The monoisotopic (exact) mass is 291 g/mol. The van der Waals surface area contributed by atoms with E-state index < -0.39 is 13.2 Å². The Morgan fingerprint density at radius 1 is 1.57 bits per heavy atom. The van der Waals surface area contributed by atoms with Gasteiger partial charge in [-0.15, -0.1) is 0 Å². The Bertz CT molecular complexity index is 525. The van der Waals surface area contributed by atoms with E-state index in [2.05, 4.69) is 15.3 Å². The summed E-state index contributed by atoms with van der Waals surface area (Å²) in [5.74, 6) is -0.475. The van der Waals surface area contributed by atoms with Crippen LogP contribution in [0.4, 0.5) is 0 Å². The molecule has 112 valence electrons. The molecule has 1 amide bonds. The van der Waals surface area contributed by atoms with Gasteiger partial charge in [0.15, 0.2) is 5.90 Å². The van der Waals surface area contributed by atoms with Crippen LogP contribution in [0.3, 0.4) is 0 Å². The van der Waals surface area contributed by atoms with Crippen LogP contribution in [0, 0.1) is 0 Å². The van der Waals surface area contributed by atoms with Crippen LogP contribution in [0.5, 0.6) is 0 Å². The number of pyridine rings is 1. The lowest BCUT2D eigenvalue weighted by Gasteiger charge is -2.23. The Kier molecular flexibility index (Phi) is 4.92. The minimum atomic E-state index is -1.00. The maximum absolute atomic E-state index is 12.2. The Morgan fingerprint density at radius 3 is 2.86 bits per heavy atom. The third-order valence-electron chi connectivity index (χ3n) is 3.28. The summed E-state index contributed by atoms with van der Waals surface area (Å²) in [5.41, 5.74) is 0.290. The van der Waals surface area contributed by atoms with Crippen LogP contribution in [0.15, 0.2) is 29.4 Å². The standard InChI is InChI=1S/C13H18BN3O4/c1-8(20-3)11(13-16-9(2)14(19)21-13)17-12(18)10-6-4-5-7-15-10/h4-9,11,19H,1-3H3,(H,17,18)/t8-,9?,11?/m0/s1. The summed E-state index contributed by atoms with van der Waals surface area (Å²) in [4.78, 5) is 20.4. The Morgan fingerprint density at radius 2 is 2.33 bits per heavy atom. The van der Waals surface area contributed by atoms with Crippen LogP contribution in [-0.2, 0) is 9.39 Å². The highest BCUT2D eigenvalue weighted by atomic mass is 16.5. The van der Waals surface area contributed by atoms with Crippen molar-refractivity contribution in [1.82, 2.24) is 10.3 Å². The van der Waals surface area contributed by atoms with E-state index in [1.165, 1.54) is 7.11 Å². The molecular formula is C13H18BN3O4. The van der Waals surface area contributed by atoms with Crippen molar-refractivity contribution in [3.8, 4) is 0 Å². The van der Waals surface area contributed by atoms with E-state index in [9.17, 15) is 9.82 Å². The summed E-state index contributed by atoms with van der Waals surface area (Å²) in [7, 11) is 0.526. The molecule has 2 unspecified atom stereocenters. The quantitative estimate of drug-likeness (QED) is 0.748. The molecular weight excluding hydrogens is 273 g/mol. The molecule has 0 aliphatic carbocycles. The molecule has 8 heteroatoms. The molecule has 1 aromatic rings. The normalized spacial score (nSPS) is 20.5. The summed E-state index contributed by atoms with van der Waals surface area (Å²) in [6.07, 6.45) is 1.17. The van der Waals surface area contributed by atoms with Gasteiger partial charge in [-0.2, -0.15) is 0 Å². The molecule has 0 saturated carbocycles. The number of nitrogens with one attached hydrogen (secondary N) is 1. The molecule has 0 saturated heterocycles. The Balaban J connectivity index is 2.15. The van der Waals surface area contributed by atoms with E-state index in [0.717, 1.165) is 0 Å². The number of carbonyl (C=O) groups excluding carboxylic acids is 1. The number of carbonyl (C=O) groups is 1. The molecule has 1 aliphatic rings. The number of amides is 1. The third-order valence-corrected chi connectivity index (χ3v) is 3.28. The maximum atomic E-state index is 12.2. The van der Waals surface area contributed by atoms with Crippen molar-refractivity contribution in [3.05, 3.63) is 30.1 Å². The van der Waals surface area contributed by atoms with Crippen LogP contribution in [0.1, 0.15) is 24.3 Å². The van der Waals surface area contributed by atoms with Gasteiger partial charge in [-0.3, -0.25) is 14.8 Å². The van der Waals surface area contributed by atoms with Crippen LogP contribution in [-0.4, -0.2) is 54.1 Å². The second kappa shape index (κ2) is 6.69. The van der Waals surface area contributed by atoms with Crippen LogP contribution in [0.2, 0.25) is 0 Å². The van der Waals surface area contributed by atoms with Gasteiger partial charge < -0.3 is 19.7 Å². The summed E-state index contributed by atoms with van der Waals surface area (Å²) < 4.78 is 10.5. The van der Waals surface area contributed by atoms with Crippen LogP contribution >= 0.6 is 0 Å². The first-order valence-electron chi connectivity index (χ1n) is 6.70. The zero-order valence-electron chi connectivity index (χ0n) is 12.2. The molecule has 7 nitrogen and oxygen atoms in total. The molecule has 3 atom stereocenters. The Labute approximate surface area is 123 Å². The molecule has 0 spiro atoms. The lowest BCUT2D eigenvalue weighted by Crippen LogP contribution is -2.49. The minimum absolute atomic E-state index is 0.258. The molecule has 1 aliphatic heterocycles. The number of nitrogens with zero attached hydrogens (tertiary/aromatic N) is 2. The van der Waals surface area contributed by atoms with Crippen molar-refractivity contribution in [2.24, 2.45) is 4.99 Å². The predicted octanol–water partition coefficient (Wildman–Crippen LogP) is 0.0518. The smallest absolute Gasteiger partial charge is 0.523 e. The highest BCUT2D eigenvalue weighted by Gasteiger charge is 2.38. The minimum Gasteiger partial charge on any atom is -0.523 e. The summed E-state index contributed by atoms with van der Waals surface area (Å²) in [5, 5.41) is 12.4. The number of hydrogen-bond acceptors (Lipinski definition) is 6. The first kappa shape index (κ1) is 15.5. The van der Waals surface area contributed by atoms with Gasteiger partial charge in [0, 0.05) is 13.3 Å². The van der Waals surface area contributed by atoms with Crippen molar-refractivity contribution in [3.63, 3.8) is 0 Å². The topological polar surface area (TPSA) is 93.0 Å². The number of aromatic nitrogens is 1. The van der Waals surface area contributed by atoms with E-state index in [0.29, 0.717) is 0 Å². The van der Waals surface area contributed by atoms with E-state index in [4.69, 9.17) is 9.39 Å². The number of ether oxygens (including phenoxy) is 1. The van der Waals surface area contributed by atoms with E-state index in [-0.39, 0.29) is 29.5 Å². The molecule has 0 aromatic carbocycles. The average molecular weight is 291 g/mol. The fourth-order valence-electron chi connectivity index (χ4n) is 1.90. The molecule has 0 fully saturated rings. The largest absolute Gasteiger partial charge is 0.549 e. The average Bonchev–Trinajstić information content (AvgIpc) is 2.84. The van der Waals surface area contributed by atoms with Crippen LogP contribution < -0.4 is 5.32 Å². The van der Waals surface area contributed by atoms with E-state index in [1.54, 1.807) is 38.2 Å². The Hall–Kier alpha value is -1.93. The second-order valence-corrected chi connectivity index (χ2v) is 4.82. The lowest BCUT2D eigenvalue weighted by molar-refractivity contribution is 0.0783. The first-order chi connectivity index (χ1) is 10.0. The van der Waals surface area contributed by atoms with Crippen molar-refractivity contribution < 1.29 is 19.2 Å². The maximum Gasteiger partial charge on any atom is 0.549 e. The van der Waals surface area contributed by atoms with Gasteiger partial charge in [-0.05, 0) is 26.0 Å². The highest BCUT2D eigenvalue weighted by molar-refractivity contribution is 6.49. The summed E-state index contributed by atoms with van der Waals surface area (Å²) >= 11 is 0. The van der Waals surface area contributed by atoms with Crippen molar-refractivity contribution in [2.45, 2.75) is 31.9 Å². The van der Waals surface area contributed by atoms with Gasteiger partial charge in [-0.25, -0.2) is 0 Å². The zero-order chi connectivity index (χ0) is 15.4. The van der Waals surface area contributed by atoms with Gasteiger partial charge in [0.25, 0.3) is 5.91 Å². The fourth-order valence-corrected chi connectivity index (χ4v) is 1.90.